The smallest absolute Gasteiger partial charge is 0.411 e. The molecule has 8 nitrogen and oxygen atoms in total. The molecule has 0 saturated carbocycles. The SMILES string of the molecule is CC(C)C[C@@H](NC(=O)[C@]1(CCCO)CCCN1C(=O)OC(C)(C)C)C(=O)OC(C)(C)C. The van der Waals surface area contributed by atoms with Crippen LogP contribution in [0, 0.1) is 5.92 Å². The van der Waals surface area contributed by atoms with Gasteiger partial charge in [0, 0.05) is 13.2 Å². The Bertz CT molecular complexity index is 635. The second-order valence-electron chi connectivity index (χ2n) is 10.8. The minimum absolute atomic E-state index is 0.0985. The maximum Gasteiger partial charge on any atom is 0.411 e. The summed E-state index contributed by atoms with van der Waals surface area (Å²) in [6.07, 6.45) is 1.59. The van der Waals surface area contributed by atoms with Gasteiger partial charge in [-0.05, 0) is 79.6 Å². The van der Waals surface area contributed by atoms with E-state index in [9.17, 15) is 19.5 Å². The number of ether oxygens (including phenoxy) is 2. The number of esters is 1. The van der Waals surface area contributed by atoms with E-state index in [2.05, 4.69) is 5.32 Å². The fraction of sp³-hybridized carbons (Fsp3) is 0.870. The number of nitrogens with zero attached hydrogens (tertiary/aromatic N) is 1. The van der Waals surface area contributed by atoms with Crippen molar-refractivity contribution in [3.8, 4) is 0 Å². The van der Waals surface area contributed by atoms with Crippen molar-refractivity contribution in [3.05, 3.63) is 0 Å². The third kappa shape index (κ3) is 8.31. The highest BCUT2D eigenvalue weighted by Crippen LogP contribution is 2.35. The normalized spacial score (nSPS) is 20.5. The Morgan fingerprint density at radius 3 is 2.13 bits per heavy atom. The number of hydrogen-bond acceptors (Lipinski definition) is 6. The summed E-state index contributed by atoms with van der Waals surface area (Å²) in [5.74, 6) is -0.744. The summed E-state index contributed by atoms with van der Waals surface area (Å²) in [4.78, 5) is 40.7. The number of nitrogens with one attached hydrogen (secondary N) is 1. The van der Waals surface area contributed by atoms with Crippen LogP contribution in [-0.2, 0) is 19.1 Å². The van der Waals surface area contributed by atoms with Gasteiger partial charge in [0.2, 0.25) is 5.91 Å². The van der Waals surface area contributed by atoms with Gasteiger partial charge in [0.15, 0.2) is 0 Å². The molecule has 1 fully saturated rings. The number of hydrogen-bond donors (Lipinski definition) is 2. The van der Waals surface area contributed by atoms with Crippen molar-refractivity contribution in [3.63, 3.8) is 0 Å². The molecule has 2 amide bonds. The van der Waals surface area contributed by atoms with E-state index in [1.165, 1.54) is 4.90 Å². The van der Waals surface area contributed by atoms with Gasteiger partial charge in [0.1, 0.15) is 22.8 Å². The predicted molar refractivity (Wildman–Crippen MR) is 118 cm³/mol. The van der Waals surface area contributed by atoms with Crippen LogP contribution in [0.2, 0.25) is 0 Å². The third-order valence-corrected chi connectivity index (χ3v) is 4.98. The standard InChI is InChI=1S/C23H42N2O6/c1-16(2)15-17(18(27)30-21(3,4)5)24-19(28)23(12-10-14-26)11-9-13-25(23)20(29)31-22(6,7)8/h16-17,26H,9-15H2,1-8H3,(H,24,28)/t17-,23-/m1/s1. The van der Waals surface area contributed by atoms with E-state index in [1.807, 2.05) is 13.8 Å². The second-order valence-corrected chi connectivity index (χ2v) is 10.8. The molecule has 180 valence electrons. The van der Waals surface area contributed by atoms with E-state index in [-0.39, 0.29) is 18.9 Å². The summed E-state index contributed by atoms with van der Waals surface area (Å²) < 4.78 is 11.1. The molecule has 31 heavy (non-hydrogen) atoms. The first-order valence-electron chi connectivity index (χ1n) is 11.3. The Labute approximate surface area is 187 Å². The molecule has 1 rings (SSSR count). The van der Waals surface area contributed by atoms with Gasteiger partial charge in [0.25, 0.3) is 0 Å². The van der Waals surface area contributed by atoms with Crippen molar-refractivity contribution >= 4 is 18.0 Å². The van der Waals surface area contributed by atoms with Gasteiger partial charge in [-0.15, -0.1) is 0 Å². The average Bonchev–Trinajstić information content (AvgIpc) is 3.01. The molecule has 0 aromatic rings. The highest BCUT2D eigenvalue weighted by atomic mass is 16.6. The van der Waals surface area contributed by atoms with Crippen molar-refractivity contribution in [2.75, 3.05) is 13.2 Å². The van der Waals surface area contributed by atoms with Crippen LogP contribution in [0.5, 0.6) is 0 Å². The quantitative estimate of drug-likeness (QED) is 0.558. The molecule has 2 atom stereocenters. The van der Waals surface area contributed by atoms with E-state index in [4.69, 9.17) is 9.47 Å². The number of carbonyl (C=O) groups excluding carboxylic acids is 3. The van der Waals surface area contributed by atoms with E-state index < -0.39 is 40.8 Å². The maximum atomic E-state index is 13.6. The van der Waals surface area contributed by atoms with Gasteiger partial charge in [-0.2, -0.15) is 0 Å². The molecule has 0 unspecified atom stereocenters. The van der Waals surface area contributed by atoms with Gasteiger partial charge >= 0.3 is 12.1 Å². The highest BCUT2D eigenvalue weighted by molar-refractivity contribution is 5.93. The van der Waals surface area contributed by atoms with E-state index in [1.54, 1.807) is 41.5 Å². The molecular weight excluding hydrogens is 400 g/mol. The molecule has 0 radical (unpaired) electrons. The largest absolute Gasteiger partial charge is 0.458 e. The Balaban J connectivity index is 3.18. The molecular formula is C23H42N2O6. The number of carbonyl (C=O) groups is 3. The number of rotatable bonds is 8. The Kier molecular flexibility index (Phi) is 9.35. The van der Waals surface area contributed by atoms with E-state index >= 15 is 0 Å². The number of likely N-dealkylation sites (tertiary alicyclic amines) is 1. The van der Waals surface area contributed by atoms with E-state index in [0.717, 1.165) is 0 Å². The van der Waals surface area contributed by atoms with Gasteiger partial charge in [-0.3, -0.25) is 9.69 Å². The van der Waals surface area contributed by atoms with Crippen molar-refractivity contribution < 1.29 is 29.0 Å². The molecule has 1 saturated heterocycles. The minimum atomic E-state index is -1.16. The van der Waals surface area contributed by atoms with Crippen LogP contribution in [0.3, 0.4) is 0 Å². The van der Waals surface area contributed by atoms with Crippen LogP contribution in [0.1, 0.15) is 87.5 Å². The van der Waals surface area contributed by atoms with Crippen molar-refractivity contribution in [1.29, 1.82) is 0 Å². The first-order valence-corrected chi connectivity index (χ1v) is 11.3. The zero-order valence-electron chi connectivity index (χ0n) is 20.5. The molecule has 1 aliphatic rings. The van der Waals surface area contributed by atoms with Crippen LogP contribution in [0.25, 0.3) is 0 Å². The van der Waals surface area contributed by atoms with Gasteiger partial charge < -0.3 is 19.9 Å². The number of aliphatic hydroxyl groups excluding tert-OH is 1. The van der Waals surface area contributed by atoms with Crippen LogP contribution >= 0.6 is 0 Å². The lowest BCUT2D eigenvalue weighted by molar-refractivity contribution is -0.160. The number of amides is 2. The summed E-state index contributed by atoms with van der Waals surface area (Å²) in [7, 11) is 0. The summed E-state index contributed by atoms with van der Waals surface area (Å²) in [5.41, 5.74) is -2.54. The third-order valence-electron chi connectivity index (χ3n) is 4.98. The number of aliphatic hydroxyl groups is 1. The van der Waals surface area contributed by atoms with Crippen molar-refractivity contribution in [2.24, 2.45) is 5.92 Å². The molecule has 2 N–H and O–H groups in total. The molecule has 1 aliphatic heterocycles. The van der Waals surface area contributed by atoms with Crippen molar-refractivity contribution in [1.82, 2.24) is 10.2 Å². The summed E-state index contributed by atoms with van der Waals surface area (Å²) in [6.45, 7) is 14.9. The second kappa shape index (κ2) is 10.7. The molecule has 8 heteroatoms. The van der Waals surface area contributed by atoms with E-state index in [0.29, 0.717) is 32.2 Å². The van der Waals surface area contributed by atoms with Crippen LogP contribution < -0.4 is 5.32 Å². The highest BCUT2D eigenvalue weighted by Gasteiger charge is 2.51. The minimum Gasteiger partial charge on any atom is -0.458 e. The lowest BCUT2D eigenvalue weighted by Crippen LogP contribution is -2.61. The first-order chi connectivity index (χ1) is 14.1. The molecule has 1 heterocycles. The van der Waals surface area contributed by atoms with Crippen LogP contribution in [-0.4, -0.2) is 63.9 Å². The molecule has 0 aromatic carbocycles. The molecule has 0 aliphatic carbocycles. The van der Waals surface area contributed by atoms with Crippen molar-refractivity contribution in [2.45, 2.75) is 110 Å². The van der Waals surface area contributed by atoms with Crippen LogP contribution in [0.4, 0.5) is 4.79 Å². The summed E-state index contributed by atoms with van der Waals surface area (Å²) >= 11 is 0. The summed E-state index contributed by atoms with van der Waals surface area (Å²) in [5, 5.41) is 12.3. The Morgan fingerprint density at radius 1 is 1.06 bits per heavy atom. The topological polar surface area (TPSA) is 105 Å². The maximum absolute atomic E-state index is 13.6. The van der Waals surface area contributed by atoms with Crippen LogP contribution in [0.15, 0.2) is 0 Å². The lowest BCUT2D eigenvalue weighted by atomic mass is 9.88. The summed E-state index contributed by atoms with van der Waals surface area (Å²) in [6, 6.07) is -0.821. The average molecular weight is 443 g/mol. The predicted octanol–water partition coefficient (Wildman–Crippen LogP) is 3.40. The fourth-order valence-electron chi connectivity index (χ4n) is 3.79. The fourth-order valence-corrected chi connectivity index (χ4v) is 3.79. The Hall–Kier alpha value is -1.83. The van der Waals surface area contributed by atoms with Gasteiger partial charge in [-0.1, -0.05) is 13.8 Å². The monoisotopic (exact) mass is 442 g/mol. The molecule has 0 spiro atoms. The molecule has 0 bridgehead atoms. The zero-order chi connectivity index (χ0) is 24.0. The molecule has 0 aromatic heterocycles. The Morgan fingerprint density at radius 2 is 1.65 bits per heavy atom. The zero-order valence-corrected chi connectivity index (χ0v) is 20.5. The van der Waals surface area contributed by atoms with Gasteiger partial charge in [0.05, 0.1) is 0 Å². The first kappa shape index (κ1) is 27.2. The van der Waals surface area contributed by atoms with Gasteiger partial charge in [-0.25, -0.2) is 9.59 Å². The lowest BCUT2D eigenvalue weighted by Gasteiger charge is -2.39.